The Bertz CT molecular complexity index is 210. The van der Waals surface area contributed by atoms with Gasteiger partial charge in [0.25, 0.3) is 0 Å². The summed E-state index contributed by atoms with van der Waals surface area (Å²) in [5.41, 5.74) is 0. The fourth-order valence-electron chi connectivity index (χ4n) is 2.13. The Kier molecular flexibility index (Phi) is 3.56. The molecule has 1 nitrogen and oxygen atoms in total. The topological polar surface area (TPSA) is 17.1 Å². The molecule has 2 atom stereocenters. The number of alkyl halides is 3. The Labute approximate surface area is 81.7 Å². The molecule has 1 aliphatic rings. The van der Waals surface area contributed by atoms with Gasteiger partial charge in [0, 0.05) is 6.42 Å². The second kappa shape index (κ2) is 4.32. The number of hydrogen-bond acceptors (Lipinski definition) is 1. The minimum atomic E-state index is -4.33. The minimum absolute atomic E-state index is 0.115. The summed E-state index contributed by atoms with van der Waals surface area (Å²) in [6, 6.07) is 0. The quantitative estimate of drug-likeness (QED) is 0.695. The van der Waals surface area contributed by atoms with E-state index >= 15 is 0 Å². The molecule has 0 bridgehead atoms. The average Bonchev–Trinajstić information content (AvgIpc) is 2.30. The number of carbonyl (C=O) groups is 1. The molecule has 0 aliphatic heterocycles. The van der Waals surface area contributed by atoms with Crippen molar-refractivity contribution in [1.29, 1.82) is 0 Å². The van der Waals surface area contributed by atoms with Gasteiger partial charge in [-0.2, -0.15) is 13.2 Å². The lowest BCUT2D eigenvalue weighted by Crippen LogP contribution is -2.16. The van der Waals surface area contributed by atoms with Gasteiger partial charge in [-0.1, -0.05) is 13.3 Å². The van der Waals surface area contributed by atoms with Gasteiger partial charge in [-0.25, -0.2) is 0 Å². The molecule has 4 heteroatoms. The molecule has 0 unspecified atom stereocenters. The lowest BCUT2D eigenvalue weighted by Gasteiger charge is -2.09. The van der Waals surface area contributed by atoms with Crippen LogP contribution < -0.4 is 0 Å². The van der Waals surface area contributed by atoms with E-state index in [0.717, 1.165) is 19.3 Å². The summed E-state index contributed by atoms with van der Waals surface area (Å²) in [5, 5.41) is 0. The Hall–Kier alpha value is -0.540. The number of rotatable bonds is 3. The van der Waals surface area contributed by atoms with Gasteiger partial charge in [0.1, 0.15) is 12.2 Å². The summed E-state index contributed by atoms with van der Waals surface area (Å²) in [7, 11) is 0. The highest BCUT2D eigenvalue weighted by molar-refractivity contribution is 5.79. The summed E-state index contributed by atoms with van der Waals surface area (Å²) < 4.78 is 35.5. The van der Waals surface area contributed by atoms with Crippen molar-refractivity contribution >= 4 is 5.78 Å². The van der Waals surface area contributed by atoms with Crippen LogP contribution in [0.4, 0.5) is 13.2 Å². The standard InChI is InChI=1S/C10H15F3O/c1-7-2-3-8(4-7)5-9(14)6-10(11,12)13/h7-8H,2-6H2,1H3/t7-,8+/m0/s1. The molecule has 1 rings (SSSR count). The predicted molar refractivity (Wildman–Crippen MR) is 46.8 cm³/mol. The first-order valence-corrected chi connectivity index (χ1v) is 4.95. The molecule has 1 fully saturated rings. The van der Waals surface area contributed by atoms with Crippen molar-refractivity contribution in [3.63, 3.8) is 0 Å². The summed E-state index contributed by atoms with van der Waals surface area (Å²) in [5.74, 6) is 0.107. The Morgan fingerprint density at radius 2 is 2.00 bits per heavy atom. The lowest BCUT2D eigenvalue weighted by molar-refractivity contribution is -0.152. The van der Waals surface area contributed by atoms with Crippen LogP contribution in [-0.4, -0.2) is 12.0 Å². The second-order valence-electron chi connectivity index (χ2n) is 4.32. The molecule has 0 heterocycles. The van der Waals surface area contributed by atoms with E-state index in [2.05, 4.69) is 6.92 Å². The van der Waals surface area contributed by atoms with Gasteiger partial charge < -0.3 is 0 Å². The molecule has 1 aliphatic carbocycles. The molecule has 0 radical (unpaired) electrons. The molecule has 0 spiro atoms. The van der Waals surface area contributed by atoms with Crippen molar-refractivity contribution in [2.75, 3.05) is 0 Å². The Morgan fingerprint density at radius 3 is 2.43 bits per heavy atom. The van der Waals surface area contributed by atoms with Crippen molar-refractivity contribution in [2.24, 2.45) is 11.8 Å². The largest absolute Gasteiger partial charge is 0.395 e. The Morgan fingerprint density at radius 1 is 1.36 bits per heavy atom. The van der Waals surface area contributed by atoms with Crippen LogP contribution >= 0.6 is 0 Å². The van der Waals surface area contributed by atoms with Gasteiger partial charge in [-0.15, -0.1) is 0 Å². The monoisotopic (exact) mass is 208 g/mol. The molecule has 0 amide bonds. The minimum Gasteiger partial charge on any atom is -0.299 e. The van der Waals surface area contributed by atoms with E-state index in [4.69, 9.17) is 0 Å². The van der Waals surface area contributed by atoms with Crippen molar-refractivity contribution in [3.8, 4) is 0 Å². The molecular formula is C10H15F3O. The first-order valence-electron chi connectivity index (χ1n) is 4.95. The zero-order chi connectivity index (χ0) is 10.8. The summed E-state index contributed by atoms with van der Waals surface area (Å²) in [6.45, 7) is 2.08. The van der Waals surface area contributed by atoms with E-state index in [1.54, 1.807) is 0 Å². The van der Waals surface area contributed by atoms with Crippen molar-refractivity contribution < 1.29 is 18.0 Å². The van der Waals surface area contributed by atoms with E-state index < -0.39 is 18.4 Å². The zero-order valence-electron chi connectivity index (χ0n) is 8.23. The molecule has 82 valence electrons. The van der Waals surface area contributed by atoms with Crippen LogP contribution in [0, 0.1) is 11.8 Å². The number of ketones is 1. The first kappa shape index (κ1) is 11.5. The number of hydrogen-bond donors (Lipinski definition) is 0. The van der Waals surface area contributed by atoms with Gasteiger partial charge in [0.15, 0.2) is 0 Å². The van der Waals surface area contributed by atoms with Crippen LogP contribution in [0.1, 0.15) is 39.0 Å². The van der Waals surface area contributed by atoms with Crippen LogP contribution in [0.25, 0.3) is 0 Å². The van der Waals surface area contributed by atoms with E-state index in [9.17, 15) is 18.0 Å². The lowest BCUT2D eigenvalue weighted by atomic mass is 9.98. The van der Waals surface area contributed by atoms with Gasteiger partial charge >= 0.3 is 6.18 Å². The third-order valence-corrected chi connectivity index (χ3v) is 2.72. The van der Waals surface area contributed by atoms with E-state index in [0.29, 0.717) is 5.92 Å². The fraction of sp³-hybridized carbons (Fsp3) is 0.900. The van der Waals surface area contributed by atoms with Crippen LogP contribution in [-0.2, 0) is 4.79 Å². The van der Waals surface area contributed by atoms with Gasteiger partial charge in [-0.05, 0) is 24.7 Å². The van der Waals surface area contributed by atoms with Gasteiger partial charge in [0.2, 0.25) is 0 Å². The normalized spacial score (nSPS) is 28.0. The summed E-state index contributed by atoms with van der Waals surface area (Å²) in [4.78, 5) is 11.0. The zero-order valence-corrected chi connectivity index (χ0v) is 8.23. The molecular weight excluding hydrogens is 193 g/mol. The molecule has 0 aromatic heterocycles. The van der Waals surface area contributed by atoms with Gasteiger partial charge in [0.05, 0.1) is 0 Å². The van der Waals surface area contributed by atoms with E-state index in [-0.39, 0.29) is 12.3 Å². The van der Waals surface area contributed by atoms with Crippen LogP contribution in [0.5, 0.6) is 0 Å². The van der Waals surface area contributed by atoms with E-state index in [1.165, 1.54) is 0 Å². The van der Waals surface area contributed by atoms with Crippen molar-refractivity contribution in [1.82, 2.24) is 0 Å². The predicted octanol–water partition coefficient (Wildman–Crippen LogP) is 3.33. The first-order chi connectivity index (χ1) is 6.37. The SMILES string of the molecule is C[C@H]1CC[C@@H](CC(=O)CC(F)(F)F)C1. The fourth-order valence-corrected chi connectivity index (χ4v) is 2.13. The highest BCUT2D eigenvalue weighted by Crippen LogP contribution is 2.33. The van der Waals surface area contributed by atoms with Crippen molar-refractivity contribution in [2.45, 2.75) is 45.2 Å². The van der Waals surface area contributed by atoms with Crippen LogP contribution in [0.15, 0.2) is 0 Å². The van der Waals surface area contributed by atoms with Crippen molar-refractivity contribution in [3.05, 3.63) is 0 Å². The molecule has 0 N–H and O–H groups in total. The maximum Gasteiger partial charge on any atom is 0.395 e. The number of halogens is 3. The van der Waals surface area contributed by atoms with Crippen LogP contribution in [0.2, 0.25) is 0 Å². The molecule has 0 aromatic rings. The second-order valence-corrected chi connectivity index (χ2v) is 4.32. The molecule has 0 aromatic carbocycles. The smallest absolute Gasteiger partial charge is 0.299 e. The highest BCUT2D eigenvalue weighted by atomic mass is 19.4. The summed E-state index contributed by atoms with van der Waals surface area (Å²) in [6.07, 6.45) is -2.61. The highest BCUT2D eigenvalue weighted by Gasteiger charge is 2.32. The summed E-state index contributed by atoms with van der Waals surface area (Å²) >= 11 is 0. The third kappa shape index (κ3) is 4.11. The number of carbonyl (C=O) groups excluding carboxylic acids is 1. The molecule has 1 saturated carbocycles. The molecule has 14 heavy (non-hydrogen) atoms. The van der Waals surface area contributed by atoms with E-state index in [1.807, 2.05) is 0 Å². The maximum absolute atomic E-state index is 11.8. The van der Waals surface area contributed by atoms with Gasteiger partial charge in [-0.3, -0.25) is 4.79 Å². The average molecular weight is 208 g/mol. The third-order valence-electron chi connectivity index (χ3n) is 2.72. The number of Topliss-reactive ketones (excluding diaryl/α,β-unsaturated/α-hetero) is 1. The van der Waals surface area contributed by atoms with Crippen LogP contribution in [0.3, 0.4) is 0 Å². The Balaban J connectivity index is 2.27. The maximum atomic E-state index is 11.8. The molecule has 0 saturated heterocycles.